The largest absolute Gasteiger partial charge is 0.497 e. The molecule has 2 N–H and O–H groups in total. The lowest BCUT2D eigenvalue weighted by Gasteiger charge is -2.15. The second-order valence-corrected chi connectivity index (χ2v) is 8.96. The third-order valence-corrected chi connectivity index (χ3v) is 6.64. The summed E-state index contributed by atoms with van der Waals surface area (Å²) in [7, 11) is 1.63. The molecule has 0 saturated carbocycles. The molecule has 0 saturated heterocycles. The molecule has 0 bridgehead atoms. The first-order chi connectivity index (χ1) is 17.5. The first-order valence-electron chi connectivity index (χ1n) is 11.2. The molecule has 0 aliphatic heterocycles. The normalized spacial score (nSPS) is 11.0. The average molecular weight is 498 g/mol. The lowest BCUT2D eigenvalue weighted by molar-refractivity contribution is -0.118. The van der Waals surface area contributed by atoms with Gasteiger partial charge in [0.05, 0.1) is 41.3 Å². The molecule has 0 aliphatic rings. The highest BCUT2D eigenvalue weighted by Gasteiger charge is 2.18. The summed E-state index contributed by atoms with van der Waals surface area (Å²) in [5.41, 5.74) is 8.52. The van der Waals surface area contributed by atoms with Crippen LogP contribution >= 0.6 is 11.8 Å². The molecule has 180 valence electrons. The number of carbonyl (C=O) groups excluding carboxylic acids is 1. The number of aromatic nitrogens is 4. The van der Waals surface area contributed by atoms with Gasteiger partial charge in [0.15, 0.2) is 5.16 Å². The standard InChI is InChI=1S/C27H23N5O3S/c1-35-20-11-7-10-19(14-20)32-23(18-8-3-2-4-9-18)15-29-27(32)36-17-25-30-22-13-6-5-12-21(22)26(34)31(25)16-24(28)33/h2-15H,16-17H2,1H3,(H2,28,33). The van der Waals surface area contributed by atoms with Gasteiger partial charge < -0.3 is 10.5 Å². The highest BCUT2D eigenvalue weighted by Crippen LogP contribution is 2.32. The van der Waals surface area contributed by atoms with Crippen molar-refractivity contribution in [2.45, 2.75) is 17.5 Å². The zero-order valence-electron chi connectivity index (χ0n) is 19.5. The van der Waals surface area contributed by atoms with Crippen molar-refractivity contribution in [3.8, 4) is 22.7 Å². The van der Waals surface area contributed by atoms with E-state index in [9.17, 15) is 9.59 Å². The van der Waals surface area contributed by atoms with Gasteiger partial charge >= 0.3 is 0 Å². The molecule has 2 aromatic heterocycles. The van der Waals surface area contributed by atoms with Crippen molar-refractivity contribution >= 4 is 28.6 Å². The highest BCUT2D eigenvalue weighted by molar-refractivity contribution is 7.98. The quantitative estimate of drug-likeness (QED) is 0.325. The van der Waals surface area contributed by atoms with E-state index < -0.39 is 5.91 Å². The van der Waals surface area contributed by atoms with Gasteiger partial charge in [-0.1, -0.05) is 60.3 Å². The minimum atomic E-state index is -0.607. The van der Waals surface area contributed by atoms with Crippen LogP contribution in [0.3, 0.4) is 0 Å². The molecule has 0 fully saturated rings. The number of carbonyl (C=O) groups is 1. The number of methoxy groups -OCH3 is 1. The Balaban J connectivity index is 1.59. The van der Waals surface area contributed by atoms with Crippen molar-refractivity contribution in [1.29, 1.82) is 0 Å². The summed E-state index contributed by atoms with van der Waals surface area (Å²) >= 11 is 1.42. The number of para-hydroxylation sites is 1. The van der Waals surface area contributed by atoms with E-state index in [1.54, 1.807) is 25.3 Å². The maximum Gasteiger partial charge on any atom is 0.261 e. The zero-order valence-corrected chi connectivity index (χ0v) is 20.3. The Labute approximate surface area is 211 Å². The molecule has 0 atom stereocenters. The molecule has 36 heavy (non-hydrogen) atoms. The van der Waals surface area contributed by atoms with Gasteiger partial charge in [-0.2, -0.15) is 0 Å². The summed E-state index contributed by atoms with van der Waals surface area (Å²) < 4.78 is 8.83. The number of hydrogen-bond donors (Lipinski definition) is 1. The number of rotatable bonds is 8. The van der Waals surface area contributed by atoms with Crippen LogP contribution in [0.1, 0.15) is 5.82 Å². The van der Waals surface area contributed by atoms with Gasteiger partial charge in [-0.3, -0.25) is 18.7 Å². The molecule has 0 aliphatic carbocycles. The van der Waals surface area contributed by atoms with E-state index in [-0.39, 0.29) is 12.1 Å². The van der Waals surface area contributed by atoms with Crippen LogP contribution in [0, 0.1) is 0 Å². The number of hydrogen-bond acceptors (Lipinski definition) is 6. The van der Waals surface area contributed by atoms with Crippen LogP contribution in [0.25, 0.3) is 27.8 Å². The Morgan fingerprint density at radius 3 is 2.58 bits per heavy atom. The van der Waals surface area contributed by atoms with E-state index in [4.69, 9.17) is 15.5 Å². The molecule has 0 radical (unpaired) electrons. The minimum Gasteiger partial charge on any atom is -0.497 e. The summed E-state index contributed by atoms with van der Waals surface area (Å²) in [6.45, 7) is -0.244. The molecule has 3 aromatic carbocycles. The van der Waals surface area contributed by atoms with Crippen LogP contribution in [0.4, 0.5) is 0 Å². The fourth-order valence-corrected chi connectivity index (χ4v) is 4.96. The van der Waals surface area contributed by atoms with Crippen LogP contribution in [0.15, 0.2) is 95.0 Å². The van der Waals surface area contributed by atoms with E-state index in [0.29, 0.717) is 27.6 Å². The van der Waals surface area contributed by atoms with Crippen LogP contribution in [0.5, 0.6) is 5.75 Å². The molecule has 0 spiro atoms. The van der Waals surface area contributed by atoms with Gasteiger partial charge in [0.1, 0.15) is 18.1 Å². The van der Waals surface area contributed by atoms with Crippen LogP contribution in [0.2, 0.25) is 0 Å². The lowest BCUT2D eigenvalue weighted by atomic mass is 10.1. The molecule has 8 nitrogen and oxygen atoms in total. The van der Waals surface area contributed by atoms with Crippen LogP contribution < -0.4 is 16.0 Å². The predicted octanol–water partition coefficient (Wildman–Crippen LogP) is 4.04. The zero-order chi connectivity index (χ0) is 25.1. The first-order valence-corrected chi connectivity index (χ1v) is 12.2. The van der Waals surface area contributed by atoms with E-state index in [1.165, 1.54) is 16.3 Å². The fraction of sp³-hybridized carbons (Fsp3) is 0.111. The number of primary amides is 1. The average Bonchev–Trinajstić information content (AvgIpc) is 3.33. The van der Waals surface area contributed by atoms with Crippen molar-refractivity contribution in [2.24, 2.45) is 5.73 Å². The summed E-state index contributed by atoms with van der Waals surface area (Å²) in [6, 6.07) is 24.8. The third-order valence-electron chi connectivity index (χ3n) is 5.70. The minimum absolute atomic E-state index is 0.244. The molecule has 9 heteroatoms. The Hall–Kier alpha value is -4.37. The predicted molar refractivity (Wildman–Crippen MR) is 140 cm³/mol. The van der Waals surface area contributed by atoms with Gasteiger partial charge in [-0.05, 0) is 24.3 Å². The van der Waals surface area contributed by atoms with Crippen molar-refractivity contribution in [3.05, 3.63) is 101 Å². The molecule has 5 aromatic rings. The maximum atomic E-state index is 13.1. The topological polar surface area (TPSA) is 105 Å². The van der Waals surface area contributed by atoms with Crippen molar-refractivity contribution in [1.82, 2.24) is 19.1 Å². The van der Waals surface area contributed by atoms with Crippen LogP contribution in [-0.2, 0) is 17.1 Å². The van der Waals surface area contributed by atoms with E-state index in [0.717, 1.165) is 22.7 Å². The lowest BCUT2D eigenvalue weighted by Crippen LogP contribution is -2.31. The van der Waals surface area contributed by atoms with Crippen molar-refractivity contribution in [3.63, 3.8) is 0 Å². The Morgan fingerprint density at radius 2 is 1.81 bits per heavy atom. The number of ether oxygens (including phenoxy) is 1. The van der Waals surface area contributed by atoms with Gasteiger partial charge in [0.25, 0.3) is 5.56 Å². The number of amides is 1. The molecular formula is C27H23N5O3S. The van der Waals surface area contributed by atoms with Gasteiger partial charge in [-0.25, -0.2) is 9.97 Å². The van der Waals surface area contributed by atoms with E-state index >= 15 is 0 Å². The molecule has 0 unspecified atom stereocenters. The number of nitrogens with two attached hydrogens (primary N) is 1. The summed E-state index contributed by atoms with van der Waals surface area (Å²) in [4.78, 5) is 34.2. The second-order valence-electron chi connectivity index (χ2n) is 8.02. The van der Waals surface area contributed by atoms with E-state index in [1.807, 2.05) is 71.4 Å². The Morgan fingerprint density at radius 1 is 1.03 bits per heavy atom. The van der Waals surface area contributed by atoms with Gasteiger partial charge in [-0.15, -0.1) is 0 Å². The Kier molecular flexibility index (Phi) is 6.55. The second kappa shape index (κ2) is 10.1. The molecular weight excluding hydrogens is 474 g/mol. The monoisotopic (exact) mass is 497 g/mol. The van der Waals surface area contributed by atoms with Crippen molar-refractivity contribution < 1.29 is 9.53 Å². The molecule has 2 heterocycles. The number of benzene rings is 3. The number of fused-ring (bicyclic) bond motifs is 1. The maximum absolute atomic E-state index is 13.1. The van der Waals surface area contributed by atoms with E-state index in [2.05, 4.69) is 4.98 Å². The molecule has 5 rings (SSSR count). The summed E-state index contributed by atoms with van der Waals surface area (Å²) in [5, 5.41) is 1.15. The number of nitrogens with zero attached hydrogens (tertiary/aromatic N) is 4. The number of thioether (sulfide) groups is 1. The van der Waals surface area contributed by atoms with Gasteiger partial charge in [0.2, 0.25) is 5.91 Å². The SMILES string of the molecule is COc1cccc(-n2c(-c3ccccc3)cnc2SCc2nc3ccccc3c(=O)n2CC(N)=O)c1. The smallest absolute Gasteiger partial charge is 0.261 e. The summed E-state index contributed by atoms with van der Waals surface area (Å²) in [6.07, 6.45) is 1.82. The fourth-order valence-electron chi connectivity index (χ4n) is 4.02. The third kappa shape index (κ3) is 4.60. The van der Waals surface area contributed by atoms with Crippen molar-refractivity contribution in [2.75, 3.05) is 7.11 Å². The van der Waals surface area contributed by atoms with Gasteiger partial charge in [0, 0.05) is 11.6 Å². The Bertz CT molecular complexity index is 1610. The molecule has 1 amide bonds. The number of imidazole rings is 1. The van der Waals surface area contributed by atoms with Crippen LogP contribution in [-0.4, -0.2) is 32.1 Å². The first kappa shape index (κ1) is 23.4. The highest BCUT2D eigenvalue weighted by atomic mass is 32.2. The summed E-state index contributed by atoms with van der Waals surface area (Å²) in [5.74, 6) is 0.874.